The quantitative estimate of drug-likeness (QED) is 0.745. The summed E-state index contributed by atoms with van der Waals surface area (Å²) in [5, 5.41) is -1.72. The van der Waals surface area contributed by atoms with Crippen LogP contribution in [0.1, 0.15) is 6.23 Å². The molecule has 1 fully saturated rings. The number of aromatic nitrogens is 4. The van der Waals surface area contributed by atoms with Crippen molar-refractivity contribution in [2.45, 2.75) is 30.0 Å². The maximum Gasteiger partial charge on any atom is 0.174 e. The molecular formula is C12H14B2FN5O3. The van der Waals surface area contributed by atoms with Gasteiger partial charge in [-0.05, 0) is 0 Å². The molecule has 1 saturated heterocycles. The first-order valence-corrected chi connectivity index (χ1v) is 6.79. The Morgan fingerprint density at radius 2 is 2.09 bits per heavy atom. The highest BCUT2D eigenvalue weighted by atomic mass is 19.1. The second-order valence-electron chi connectivity index (χ2n) is 5.23. The average Bonchev–Trinajstić information content (AvgIpc) is 3.09. The van der Waals surface area contributed by atoms with Gasteiger partial charge >= 0.3 is 0 Å². The van der Waals surface area contributed by atoms with Crippen molar-refractivity contribution in [1.82, 2.24) is 19.5 Å². The number of ether oxygens (including phenoxy) is 3. The fourth-order valence-corrected chi connectivity index (χ4v) is 2.64. The molecule has 0 bridgehead atoms. The van der Waals surface area contributed by atoms with Crippen molar-refractivity contribution in [3.8, 4) is 0 Å². The van der Waals surface area contributed by atoms with Crippen LogP contribution in [0, 0.1) is 0 Å². The van der Waals surface area contributed by atoms with Crippen molar-refractivity contribution < 1.29 is 18.6 Å². The molecule has 0 aromatic carbocycles. The molecule has 3 heterocycles. The molecule has 3 rings (SSSR count). The van der Waals surface area contributed by atoms with E-state index in [-0.39, 0.29) is 5.82 Å². The van der Waals surface area contributed by atoms with E-state index >= 15 is 0 Å². The Morgan fingerprint density at radius 1 is 1.35 bits per heavy atom. The third kappa shape index (κ3) is 2.48. The van der Waals surface area contributed by atoms with Crippen molar-refractivity contribution in [2.75, 3.05) is 20.0 Å². The molecule has 118 valence electrons. The molecule has 11 heteroatoms. The average molecular weight is 317 g/mol. The summed E-state index contributed by atoms with van der Waals surface area (Å²) in [6.45, 7) is 0. The highest BCUT2D eigenvalue weighted by Gasteiger charge is 2.52. The number of rotatable bonds is 4. The predicted molar refractivity (Wildman–Crippen MR) is 80.6 cm³/mol. The van der Waals surface area contributed by atoms with E-state index < -0.39 is 30.0 Å². The molecule has 1 aliphatic heterocycles. The van der Waals surface area contributed by atoms with Crippen molar-refractivity contribution >= 4 is 32.7 Å². The Labute approximate surface area is 134 Å². The number of nitrogens with two attached hydrogens (primary N) is 1. The van der Waals surface area contributed by atoms with Gasteiger partial charge in [0.05, 0.1) is 6.33 Å². The summed E-state index contributed by atoms with van der Waals surface area (Å²) >= 11 is 0. The largest absolute Gasteiger partial charge is 0.395 e. The fourth-order valence-electron chi connectivity index (χ4n) is 2.64. The number of imidazole rings is 1. The van der Waals surface area contributed by atoms with Gasteiger partial charge in [-0.15, -0.1) is 0 Å². The van der Waals surface area contributed by atoms with Gasteiger partial charge in [-0.1, -0.05) is 0 Å². The van der Waals surface area contributed by atoms with Crippen LogP contribution in [-0.4, -0.2) is 73.2 Å². The van der Waals surface area contributed by atoms with Crippen molar-refractivity contribution in [3.05, 3.63) is 12.7 Å². The Hall–Kier alpha value is -1.71. The minimum atomic E-state index is -1.72. The second-order valence-corrected chi connectivity index (χ2v) is 5.23. The van der Waals surface area contributed by atoms with Gasteiger partial charge in [-0.3, -0.25) is 4.57 Å². The lowest BCUT2D eigenvalue weighted by Gasteiger charge is -2.33. The van der Waals surface area contributed by atoms with Crippen LogP contribution < -0.4 is 5.73 Å². The summed E-state index contributed by atoms with van der Waals surface area (Å²) in [4.78, 5) is 12.0. The van der Waals surface area contributed by atoms with E-state index in [0.717, 1.165) is 0 Å². The highest BCUT2D eigenvalue weighted by molar-refractivity contribution is 6.39. The van der Waals surface area contributed by atoms with Gasteiger partial charge in [0.2, 0.25) is 0 Å². The molecule has 2 aromatic rings. The maximum atomic E-state index is 14.8. The first-order valence-electron chi connectivity index (χ1n) is 6.79. The molecule has 2 N–H and O–H groups in total. The Kier molecular flexibility index (Phi) is 4.03. The van der Waals surface area contributed by atoms with Crippen LogP contribution >= 0.6 is 0 Å². The van der Waals surface area contributed by atoms with E-state index in [4.69, 9.17) is 35.6 Å². The lowest BCUT2D eigenvalue weighted by atomic mass is 9.60. The predicted octanol–water partition coefficient (Wildman–Crippen LogP) is -0.704. The maximum absolute atomic E-state index is 14.8. The molecule has 1 aliphatic rings. The molecule has 8 nitrogen and oxygen atoms in total. The van der Waals surface area contributed by atoms with E-state index in [9.17, 15) is 4.39 Å². The number of hydrogen-bond donors (Lipinski definition) is 1. The van der Waals surface area contributed by atoms with E-state index in [1.165, 1.54) is 31.4 Å². The topological polar surface area (TPSA) is 97.3 Å². The van der Waals surface area contributed by atoms with Crippen LogP contribution in [0.15, 0.2) is 12.7 Å². The fraction of sp³-hybridized carbons (Fsp3) is 0.583. The summed E-state index contributed by atoms with van der Waals surface area (Å²) in [7, 11) is 14.3. The molecular weight excluding hydrogens is 303 g/mol. The van der Waals surface area contributed by atoms with Crippen LogP contribution in [0.3, 0.4) is 0 Å². The van der Waals surface area contributed by atoms with Gasteiger partial charge in [0.1, 0.15) is 39.7 Å². The first-order chi connectivity index (χ1) is 10.9. The normalized spacial score (nSPS) is 28.5. The Balaban J connectivity index is 2.01. The molecule has 0 amide bonds. The number of nitrogens with zero attached hydrogens (tertiary/aromatic N) is 4. The first kappa shape index (κ1) is 16.2. The number of hydrogen-bond acceptors (Lipinski definition) is 7. The Morgan fingerprint density at radius 3 is 2.74 bits per heavy atom. The summed E-state index contributed by atoms with van der Waals surface area (Å²) in [5.41, 5.74) is 6.41. The van der Waals surface area contributed by atoms with Crippen molar-refractivity contribution in [3.63, 3.8) is 0 Å². The van der Waals surface area contributed by atoms with Crippen LogP contribution in [0.2, 0.25) is 0 Å². The molecule has 4 atom stereocenters. The summed E-state index contributed by atoms with van der Waals surface area (Å²) < 4.78 is 32.0. The third-order valence-electron chi connectivity index (χ3n) is 3.90. The number of alkyl halides is 1. The van der Waals surface area contributed by atoms with Crippen molar-refractivity contribution in [1.29, 1.82) is 0 Å². The second kappa shape index (κ2) is 5.73. The minimum Gasteiger partial charge on any atom is -0.395 e. The van der Waals surface area contributed by atoms with Crippen LogP contribution in [0.25, 0.3) is 11.2 Å². The summed E-state index contributed by atoms with van der Waals surface area (Å²) in [6.07, 6.45) is -2.09. The minimum absolute atomic E-state index is 0.186. The van der Waals surface area contributed by atoms with Crippen LogP contribution in [0.4, 0.5) is 10.2 Å². The van der Waals surface area contributed by atoms with Crippen molar-refractivity contribution in [2.24, 2.45) is 0 Å². The van der Waals surface area contributed by atoms with E-state index in [0.29, 0.717) is 11.2 Å². The van der Waals surface area contributed by atoms with Gasteiger partial charge in [-0.2, -0.15) is 0 Å². The van der Waals surface area contributed by atoms with E-state index in [1.807, 2.05) is 0 Å². The van der Waals surface area contributed by atoms with Gasteiger partial charge in [0.25, 0.3) is 0 Å². The number of nitrogen functional groups attached to an aromatic ring is 1. The van der Waals surface area contributed by atoms with E-state index in [2.05, 4.69) is 15.0 Å². The standard InChI is InChI=1S/C12H14B2FN5O3/c1-21-7-5(15)11(23-8(7)12(13,14)22-2)20-4-19-6-9(16)17-3-18-10(6)20/h3-5,7-8,11H,1-2H3,(H2,16,17,18)/t5-,7+,8?,11-/m1/s1. The van der Waals surface area contributed by atoms with Gasteiger partial charge < -0.3 is 19.9 Å². The molecule has 23 heavy (non-hydrogen) atoms. The smallest absolute Gasteiger partial charge is 0.174 e. The number of halogens is 1. The zero-order valence-electron chi connectivity index (χ0n) is 12.6. The summed E-state index contributed by atoms with van der Waals surface area (Å²) in [5.74, 6) is 0.186. The van der Waals surface area contributed by atoms with Gasteiger partial charge in [0.15, 0.2) is 23.9 Å². The molecule has 4 radical (unpaired) electrons. The lowest BCUT2D eigenvalue weighted by Crippen LogP contribution is -2.52. The molecule has 2 aromatic heterocycles. The zero-order chi connectivity index (χ0) is 16.8. The van der Waals surface area contributed by atoms with Crippen LogP contribution in [-0.2, 0) is 14.2 Å². The SMILES string of the molecule is [B]C([B])(OC)C1O[C@@H](n2cnc3c(N)ncnc32)[C@H](F)[C@@H]1OC. The van der Waals surface area contributed by atoms with Gasteiger partial charge in [0, 0.05) is 19.6 Å². The molecule has 0 aliphatic carbocycles. The summed E-state index contributed by atoms with van der Waals surface area (Å²) in [6, 6.07) is 0. The number of anilines is 1. The van der Waals surface area contributed by atoms with E-state index in [1.54, 1.807) is 0 Å². The number of fused-ring (bicyclic) bond motifs is 1. The third-order valence-corrected chi connectivity index (χ3v) is 3.90. The monoisotopic (exact) mass is 317 g/mol. The van der Waals surface area contributed by atoms with Gasteiger partial charge in [-0.25, -0.2) is 19.3 Å². The molecule has 1 unspecified atom stereocenters. The van der Waals surface area contributed by atoms with Crippen LogP contribution in [0.5, 0.6) is 0 Å². The molecule has 0 saturated carbocycles. The zero-order valence-corrected chi connectivity index (χ0v) is 12.6. The highest BCUT2D eigenvalue weighted by Crippen LogP contribution is 2.38. The molecule has 0 spiro atoms. The lowest BCUT2D eigenvalue weighted by molar-refractivity contribution is -0.0896. The number of methoxy groups -OCH3 is 2. The Bertz CT molecular complexity index is 715.